The number of hydrogen-bond donors (Lipinski definition) is 1. The number of aromatic amines is 1. The fourth-order valence-corrected chi connectivity index (χ4v) is 5.13. The Kier molecular flexibility index (Phi) is 3.73. The zero-order valence-corrected chi connectivity index (χ0v) is 14.6. The van der Waals surface area contributed by atoms with E-state index in [-0.39, 0.29) is 5.56 Å². The summed E-state index contributed by atoms with van der Waals surface area (Å²) >= 11 is 3.22. The summed E-state index contributed by atoms with van der Waals surface area (Å²) in [4.78, 5) is 22.2. The summed E-state index contributed by atoms with van der Waals surface area (Å²) < 4.78 is 2.01. The highest BCUT2D eigenvalue weighted by atomic mass is 32.2. The highest BCUT2D eigenvalue weighted by Gasteiger charge is 2.21. The third-order valence-electron chi connectivity index (χ3n) is 4.06. The van der Waals surface area contributed by atoms with Gasteiger partial charge in [-0.05, 0) is 38.7 Å². The highest BCUT2D eigenvalue weighted by molar-refractivity contribution is 7.98. The molecule has 0 aliphatic heterocycles. The third kappa shape index (κ3) is 2.59. The summed E-state index contributed by atoms with van der Waals surface area (Å²) in [6, 6.07) is 0.308. The van der Waals surface area contributed by atoms with Crippen LogP contribution in [0.3, 0.4) is 0 Å². The number of hydrogen-bond acceptors (Lipinski definition) is 6. The van der Waals surface area contributed by atoms with Crippen molar-refractivity contribution < 1.29 is 0 Å². The van der Waals surface area contributed by atoms with Crippen LogP contribution in [0.15, 0.2) is 16.3 Å². The van der Waals surface area contributed by atoms with E-state index in [1.807, 2.05) is 4.57 Å². The molecule has 6 nitrogen and oxygen atoms in total. The molecule has 1 aliphatic rings. The number of aromatic nitrogens is 5. The van der Waals surface area contributed by atoms with Gasteiger partial charge in [-0.2, -0.15) is 0 Å². The molecular weight excluding hydrogens is 330 g/mol. The molecule has 3 heterocycles. The first-order valence-corrected chi connectivity index (χ1v) is 9.49. The molecule has 0 aromatic carbocycles. The lowest BCUT2D eigenvalue weighted by Gasteiger charge is -2.08. The summed E-state index contributed by atoms with van der Waals surface area (Å²) in [7, 11) is 0. The van der Waals surface area contributed by atoms with Crippen molar-refractivity contribution in [1.82, 2.24) is 24.7 Å². The van der Waals surface area contributed by atoms with E-state index in [4.69, 9.17) is 0 Å². The number of thiophene rings is 1. The van der Waals surface area contributed by atoms with Gasteiger partial charge in [-0.3, -0.25) is 4.79 Å². The van der Waals surface area contributed by atoms with E-state index < -0.39 is 0 Å². The van der Waals surface area contributed by atoms with Gasteiger partial charge in [0.15, 0.2) is 5.16 Å². The van der Waals surface area contributed by atoms with E-state index in [0.29, 0.717) is 17.6 Å². The molecule has 0 radical (unpaired) electrons. The van der Waals surface area contributed by atoms with Crippen molar-refractivity contribution in [2.45, 2.75) is 50.1 Å². The second-order valence-corrected chi connectivity index (χ2v) is 7.98. The van der Waals surface area contributed by atoms with Crippen molar-refractivity contribution in [2.24, 2.45) is 0 Å². The Balaban J connectivity index is 1.63. The van der Waals surface area contributed by atoms with E-state index in [9.17, 15) is 4.79 Å². The van der Waals surface area contributed by atoms with Crippen molar-refractivity contribution in [3.05, 3.63) is 32.9 Å². The summed E-state index contributed by atoms with van der Waals surface area (Å²) in [6.07, 6.45) is 4.97. The second-order valence-electron chi connectivity index (χ2n) is 5.95. The van der Waals surface area contributed by atoms with Crippen LogP contribution in [0.5, 0.6) is 0 Å². The molecule has 4 rings (SSSR count). The summed E-state index contributed by atoms with van der Waals surface area (Å²) in [6.45, 7) is 4.18. The van der Waals surface area contributed by atoms with E-state index in [1.54, 1.807) is 29.4 Å². The average molecular weight is 347 g/mol. The number of fused-ring (bicyclic) bond motifs is 3. The molecule has 0 bridgehead atoms. The lowest BCUT2D eigenvalue weighted by atomic mass is 10.2. The van der Waals surface area contributed by atoms with Crippen LogP contribution in [-0.2, 0) is 18.6 Å². The van der Waals surface area contributed by atoms with E-state index in [2.05, 4.69) is 34.0 Å². The highest BCUT2D eigenvalue weighted by Crippen LogP contribution is 2.34. The molecule has 1 N–H and O–H groups in total. The maximum atomic E-state index is 12.4. The van der Waals surface area contributed by atoms with Crippen LogP contribution in [0.25, 0.3) is 10.2 Å². The third-order valence-corrected chi connectivity index (χ3v) is 6.21. The minimum Gasteiger partial charge on any atom is -0.309 e. The van der Waals surface area contributed by atoms with Crippen molar-refractivity contribution >= 4 is 33.3 Å². The number of nitrogens with one attached hydrogen (secondary N) is 1. The van der Waals surface area contributed by atoms with E-state index in [0.717, 1.165) is 34.6 Å². The molecule has 0 saturated carbocycles. The predicted octanol–water partition coefficient (Wildman–Crippen LogP) is 2.94. The number of rotatable bonds is 4. The van der Waals surface area contributed by atoms with Crippen molar-refractivity contribution in [3.8, 4) is 0 Å². The molecule has 1 aliphatic carbocycles. The largest absolute Gasteiger partial charge is 0.309 e. The molecule has 120 valence electrons. The van der Waals surface area contributed by atoms with Gasteiger partial charge in [0.25, 0.3) is 5.56 Å². The zero-order valence-electron chi connectivity index (χ0n) is 13.0. The predicted molar refractivity (Wildman–Crippen MR) is 92.2 cm³/mol. The number of nitrogens with zero attached hydrogens (tertiary/aromatic N) is 4. The normalized spacial score (nSPS) is 14.0. The van der Waals surface area contributed by atoms with Gasteiger partial charge >= 0.3 is 0 Å². The van der Waals surface area contributed by atoms with Gasteiger partial charge in [0, 0.05) is 10.9 Å². The Bertz CT molecular complexity index is 924. The second kappa shape index (κ2) is 5.76. The molecule has 0 saturated heterocycles. The monoisotopic (exact) mass is 347 g/mol. The van der Waals surface area contributed by atoms with Crippen LogP contribution in [-0.4, -0.2) is 24.7 Å². The van der Waals surface area contributed by atoms with Crippen LogP contribution in [0.4, 0.5) is 0 Å². The Morgan fingerprint density at radius 3 is 3.13 bits per heavy atom. The molecule has 0 atom stereocenters. The summed E-state index contributed by atoms with van der Waals surface area (Å²) in [5.74, 6) is 1.28. The van der Waals surface area contributed by atoms with Crippen LogP contribution in [0, 0.1) is 0 Å². The molecule has 3 aromatic rings. The molecule has 23 heavy (non-hydrogen) atoms. The minimum absolute atomic E-state index is 0.00433. The SMILES string of the molecule is CC(C)n1cnnc1SCc1nc2sc3c(c2c(=O)[nH]1)CCC3. The molecule has 0 amide bonds. The molecular formula is C15H17N5OS2. The number of thioether (sulfide) groups is 1. The minimum atomic E-state index is -0.00433. The van der Waals surface area contributed by atoms with E-state index in [1.165, 1.54) is 10.4 Å². The standard InChI is InChI=1S/C15H17N5OS2/c1-8(2)20-7-16-19-15(20)22-6-11-17-13(21)12-9-4-3-5-10(9)23-14(12)18-11/h7-8H,3-6H2,1-2H3,(H,17,18,21). The van der Waals surface area contributed by atoms with Crippen LogP contribution < -0.4 is 5.56 Å². The first-order chi connectivity index (χ1) is 11.1. The lowest BCUT2D eigenvalue weighted by Crippen LogP contribution is -2.11. The Morgan fingerprint density at radius 1 is 1.43 bits per heavy atom. The first kappa shape index (κ1) is 14.9. The lowest BCUT2D eigenvalue weighted by molar-refractivity contribution is 0.549. The zero-order chi connectivity index (χ0) is 16.0. The number of H-pyrrole nitrogens is 1. The molecule has 0 fully saturated rings. The van der Waals surface area contributed by atoms with Crippen molar-refractivity contribution in [3.63, 3.8) is 0 Å². The average Bonchev–Trinajstić information content (AvgIpc) is 3.19. The fraction of sp³-hybridized carbons (Fsp3) is 0.467. The maximum absolute atomic E-state index is 12.4. The Hall–Kier alpha value is -1.67. The molecule has 0 spiro atoms. The summed E-state index contributed by atoms with van der Waals surface area (Å²) in [5.41, 5.74) is 1.22. The van der Waals surface area contributed by atoms with Gasteiger partial charge in [0.05, 0.1) is 11.1 Å². The quantitative estimate of drug-likeness (QED) is 0.734. The van der Waals surface area contributed by atoms with Crippen molar-refractivity contribution in [1.29, 1.82) is 0 Å². The van der Waals surface area contributed by atoms with Crippen LogP contribution >= 0.6 is 23.1 Å². The van der Waals surface area contributed by atoms with Gasteiger partial charge in [0.1, 0.15) is 17.0 Å². The van der Waals surface area contributed by atoms with Gasteiger partial charge in [0.2, 0.25) is 0 Å². The Morgan fingerprint density at radius 2 is 2.30 bits per heavy atom. The fourth-order valence-electron chi connectivity index (χ4n) is 2.94. The van der Waals surface area contributed by atoms with Crippen LogP contribution in [0.2, 0.25) is 0 Å². The van der Waals surface area contributed by atoms with Gasteiger partial charge < -0.3 is 9.55 Å². The van der Waals surface area contributed by atoms with E-state index >= 15 is 0 Å². The van der Waals surface area contributed by atoms with Gasteiger partial charge in [-0.1, -0.05) is 11.8 Å². The summed E-state index contributed by atoms with van der Waals surface area (Å²) in [5, 5.41) is 9.75. The topological polar surface area (TPSA) is 76.5 Å². The first-order valence-electron chi connectivity index (χ1n) is 7.69. The smallest absolute Gasteiger partial charge is 0.259 e. The molecule has 0 unspecified atom stereocenters. The van der Waals surface area contributed by atoms with Gasteiger partial charge in [-0.25, -0.2) is 4.98 Å². The Labute approximate surface area is 141 Å². The molecule has 8 heteroatoms. The van der Waals surface area contributed by atoms with Crippen molar-refractivity contribution in [2.75, 3.05) is 0 Å². The van der Waals surface area contributed by atoms with Gasteiger partial charge in [-0.15, -0.1) is 21.5 Å². The number of aryl methyl sites for hydroxylation is 2. The van der Waals surface area contributed by atoms with Crippen LogP contribution in [0.1, 0.15) is 42.6 Å². The molecule has 3 aromatic heterocycles. The maximum Gasteiger partial charge on any atom is 0.259 e.